The fourth-order valence-electron chi connectivity index (χ4n) is 1.99. The molecule has 0 saturated carbocycles. The average molecular weight is 215 g/mol. The van der Waals surface area contributed by atoms with Gasteiger partial charge in [0, 0.05) is 5.56 Å². The molecule has 0 atom stereocenters. The van der Waals surface area contributed by atoms with Gasteiger partial charge in [0.05, 0.1) is 6.26 Å². The van der Waals surface area contributed by atoms with E-state index in [0.29, 0.717) is 6.54 Å². The molecule has 16 heavy (non-hydrogen) atoms. The van der Waals surface area contributed by atoms with Gasteiger partial charge in [-0.2, -0.15) is 0 Å². The lowest BCUT2D eigenvalue weighted by Crippen LogP contribution is -2.02. The summed E-state index contributed by atoms with van der Waals surface area (Å²) < 4.78 is 5.57. The van der Waals surface area contributed by atoms with Crippen LogP contribution in [0.2, 0.25) is 0 Å². The SMILES string of the molecule is Cc1ccc(-c2occc2CCN)c(C)c1. The highest BCUT2D eigenvalue weighted by molar-refractivity contribution is 5.65. The highest BCUT2D eigenvalue weighted by Gasteiger charge is 2.10. The lowest BCUT2D eigenvalue weighted by atomic mass is 10.0. The number of benzene rings is 1. The van der Waals surface area contributed by atoms with Gasteiger partial charge in [0.15, 0.2) is 0 Å². The fraction of sp³-hybridized carbons (Fsp3) is 0.286. The number of nitrogens with two attached hydrogens (primary N) is 1. The Hall–Kier alpha value is -1.54. The second-order valence-corrected chi connectivity index (χ2v) is 4.13. The lowest BCUT2D eigenvalue weighted by molar-refractivity contribution is 0.579. The third-order valence-electron chi connectivity index (χ3n) is 2.79. The third-order valence-corrected chi connectivity index (χ3v) is 2.79. The van der Waals surface area contributed by atoms with Crippen molar-refractivity contribution in [2.75, 3.05) is 6.54 Å². The molecule has 0 aliphatic heterocycles. The Bertz CT molecular complexity index is 485. The minimum absolute atomic E-state index is 0.650. The Balaban J connectivity index is 2.46. The summed E-state index contributed by atoms with van der Waals surface area (Å²) in [6.45, 7) is 4.86. The van der Waals surface area contributed by atoms with Crippen LogP contribution in [0.25, 0.3) is 11.3 Å². The first-order valence-electron chi connectivity index (χ1n) is 5.56. The van der Waals surface area contributed by atoms with Crippen molar-refractivity contribution in [1.29, 1.82) is 0 Å². The topological polar surface area (TPSA) is 39.2 Å². The molecule has 0 amide bonds. The molecule has 84 valence electrons. The molecule has 1 aromatic carbocycles. The van der Waals surface area contributed by atoms with E-state index in [1.165, 1.54) is 22.3 Å². The molecule has 1 heterocycles. The molecule has 0 saturated heterocycles. The summed E-state index contributed by atoms with van der Waals surface area (Å²) in [5, 5.41) is 0. The van der Waals surface area contributed by atoms with E-state index in [9.17, 15) is 0 Å². The molecule has 2 N–H and O–H groups in total. The summed E-state index contributed by atoms with van der Waals surface area (Å²) in [5.41, 5.74) is 10.5. The maximum atomic E-state index is 5.59. The second kappa shape index (κ2) is 4.54. The summed E-state index contributed by atoms with van der Waals surface area (Å²) in [7, 11) is 0. The summed E-state index contributed by atoms with van der Waals surface area (Å²) in [6, 6.07) is 8.40. The smallest absolute Gasteiger partial charge is 0.137 e. The van der Waals surface area contributed by atoms with Gasteiger partial charge in [-0.1, -0.05) is 23.8 Å². The van der Waals surface area contributed by atoms with E-state index < -0.39 is 0 Å². The Morgan fingerprint density at radius 2 is 2.00 bits per heavy atom. The molecular weight excluding hydrogens is 198 g/mol. The number of furan rings is 1. The molecule has 0 unspecified atom stereocenters. The largest absolute Gasteiger partial charge is 0.464 e. The highest BCUT2D eigenvalue weighted by Crippen LogP contribution is 2.28. The van der Waals surface area contributed by atoms with Crippen LogP contribution in [0, 0.1) is 13.8 Å². The van der Waals surface area contributed by atoms with E-state index >= 15 is 0 Å². The van der Waals surface area contributed by atoms with E-state index in [1.807, 2.05) is 6.07 Å². The van der Waals surface area contributed by atoms with Crippen molar-refractivity contribution in [3.8, 4) is 11.3 Å². The van der Waals surface area contributed by atoms with Crippen LogP contribution in [0.15, 0.2) is 34.9 Å². The molecule has 0 spiro atoms. The Labute approximate surface area is 96.1 Å². The fourth-order valence-corrected chi connectivity index (χ4v) is 1.99. The first-order valence-corrected chi connectivity index (χ1v) is 5.56. The monoisotopic (exact) mass is 215 g/mol. The van der Waals surface area contributed by atoms with Crippen LogP contribution in [0.5, 0.6) is 0 Å². The maximum Gasteiger partial charge on any atom is 0.137 e. The van der Waals surface area contributed by atoms with E-state index in [4.69, 9.17) is 10.2 Å². The van der Waals surface area contributed by atoms with Gasteiger partial charge in [-0.05, 0) is 44.0 Å². The number of hydrogen-bond donors (Lipinski definition) is 1. The van der Waals surface area contributed by atoms with Gasteiger partial charge in [-0.25, -0.2) is 0 Å². The average Bonchev–Trinajstić information content (AvgIpc) is 2.67. The standard InChI is InChI=1S/C14H17NO/c1-10-3-4-13(11(2)9-10)14-12(5-7-15)6-8-16-14/h3-4,6,8-9H,5,7,15H2,1-2H3. The van der Waals surface area contributed by atoms with Crippen molar-refractivity contribution in [2.45, 2.75) is 20.3 Å². The zero-order valence-corrected chi connectivity index (χ0v) is 9.79. The van der Waals surface area contributed by atoms with E-state index in [1.54, 1.807) is 6.26 Å². The summed E-state index contributed by atoms with van der Waals surface area (Å²) in [5.74, 6) is 0.961. The maximum absolute atomic E-state index is 5.59. The van der Waals surface area contributed by atoms with Crippen LogP contribution in [-0.4, -0.2) is 6.54 Å². The van der Waals surface area contributed by atoms with Crippen molar-refractivity contribution in [1.82, 2.24) is 0 Å². The van der Waals surface area contributed by atoms with Crippen molar-refractivity contribution in [3.05, 3.63) is 47.2 Å². The van der Waals surface area contributed by atoms with Gasteiger partial charge < -0.3 is 10.2 Å². The first-order chi connectivity index (χ1) is 7.72. The van der Waals surface area contributed by atoms with Gasteiger partial charge in [0.1, 0.15) is 5.76 Å². The zero-order chi connectivity index (χ0) is 11.5. The predicted octanol–water partition coefficient (Wildman–Crippen LogP) is 3.06. The predicted molar refractivity (Wildman–Crippen MR) is 66.4 cm³/mol. The molecule has 2 rings (SSSR count). The molecule has 2 nitrogen and oxygen atoms in total. The van der Waals surface area contributed by atoms with Gasteiger partial charge in [-0.3, -0.25) is 0 Å². The molecule has 0 fully saturated rings. The molecule has 0 bridgehead atoms. The molecule has 0 radical (unpaired) electrons. The normalized spacial score (nSPS) is 10.7. The van der Waals surface area contributed by atoms with Gasteiger partial charge in [-0.15, -0.1) is 0 Å². The molecule has 1 aromatic heterocycles. The van der Waals surface area contributed by atoms with Crippen molar-refractivity contribution in [3.63, 3.8) is 0 Å². The van der Waals surface area contributed by atoms with Crippen LogP contribution < -0.4 is 5.73 Å². The number of rotatable bonds is 3. The van der Waals surface area contributed by atoms with Crippen LogP contribution in [0.3, 0.4) is 0 Å². The van der Waals surface area contributed by atoms with Crippen LogP contribution in [0.4, 0.5) is 0 Å². The van der Waals surface area contributed by atoms with E-state index in [2.05, 4.69) is 32.0 Å². The molecular formula is C14H17NO. The highest BCUT2D eigenvalue weighted by atomic mass is 16.3. The molecule has 0 aliphatic carbocycles. The minimum atomic E-state index is 0.650. The second-order valence-electron chi connectivity index (χ2n) is 4.13. The van der Waals surface area contributed by atoms with Crippen LogP contribution in [0.1, 0.15) is 16.7 Å². The van der Waals surface area contributed by atoms with E-state index in [-0.39, 0.29) is 0 Å². The third kappa shape index (κ3) is 2.02. The van der Waals surface area contributed by atoms with Crippen molar-refractivity contribution >= 4 is 0 Å². The summed E-state index contributed by atoms with van der Waals surface area (Å²) in [6.07, 6.45) is 2.60. The lowest BCUT2D eigenvalue weighted by Gasteiger charge is -2.06. The van der Waals surface area contributed by atoms with Gasteiger partial charge in [0.25, 0.3) is 0 Å². The van der Waals surface area contributed by atoms with Gasteiger partial charge >= 0.3 is 0 Å². The molecule has 2 heteroatoms. The molecule has 2 aromatic rings. The zero-order valence-electron chi connectivity index (χ0n) is 9.79. The summed E-state index contributed by atoms with van der Waals surface area (Å²) >= 11 is 0. The Kier molecular flexibility index (Phi) is 3.11. The Morgan fingerprint density at radius 3 is 2.69 bits per heavy atom. The minimum Gasteiger partial charge on any atom is -0.464 e. The number of hydrogen-bond acceptors (Lipinski definition) is 2. The van der Waals surface area contributed by atoms with Crippen molar-refractivity contribution in [2.24, 2.45) is 5.73 Å². The summed E-state index contributed by atoms with van der Waals surface area (Å²) in [4.78, 5) is 0. The van der Waals surface area contributed by atoms with Crippen molar-refractivity contribution < 1.29 is 4.42 Å². The van der Waals surface area contributed by atoms with Crippen LogP contribution >= 0.6 is 0 Å². The first kappa shape index (κ1) is 11.0. The Morgan fingerprint density at radius 1 is 1.19 bits per heavy atom. The number of aryl methyl sites for hydroxylation is 2. The van der Waals surface area contributed by atoms with Gasteiger partial charge in [0.2, 0.25) is 0 Å². The quantitative estimate of drug-likeness (QED) is 0.854. The van der Waals surface area contributed by atoms with E-state index in [0.717, 1.165) is 12.2 Å². The molecule has 0 aliphatic rings. The van der Waals surface area contributed by atoms with Crippen LogP contribution in [-0.2, 0) is 6.42 Å².